The van der Waals surface area contributed by atoms with E-state index in [0.717, 1.165) is 29.6 Å². The fourth-order valence-electron chi connectivity index (χ4n) is 1.78. The molecule has 152 valence electrons. The molecule has 6 nitrogen and oxygen atoms in total. The topological polar surface area (TPSA) is 67.8 Å². The van der Waals surface area contributed by atoms with Gasteiger partial charge in [0.2, 0.25) is 0 Å². The van der Waals surface area contributed by atoms with E-state index in [0.29, 0.717) is 43.9 Å². The summed E-state index contributed by atoms with van der Waals surface area (Å²) in [6.45, 7) is 5.23. The van der Waals surface area contributed by atoms with Gasteiger partial charge in [-0.25, -0.2) is 9.98 Å². The lowest BCUT2D eigenvalue weighted by Gasteiger charge is -2.11. The first kappa shape index (κ1) is 25.3. The molecular formula is C15H26F3IN4O2S. The summed E-state index contributed by atoms with van der Waals surface area (Å²) in [5, 5.41) is 7.54. The number of nitrogens with one attached hydrogen (secondary N) is 2. The summed E-state index contributed by atoms with van der Waals surface area (Å²) in [5.74, 6) is 0.562. The molecule has 2 N–H and O–H groups in total. The van der Waals surface area contributed by atoms with Gasteiger partial charge >= 0.3 is 6.18 Å². The zero-order valence-electron chi connectivity index (χ0n) is 14.9. The number of rotatable bonds is 11. The minimum atomic E-state index is -4.41. The molecule has 0 aromatic carbocycles. The molecule has 26 heavy (non-hydrogen) atoms. The molecule has 0 fully saturated rings. The van der Waals surface area contributed by atoms with Crippen LogP contribution in [0.25, 0.3) is 0 Å². The average Bonchev–Trinajstić information content (AvgIpc) is 3.04. The SMILES string of the molecule is CCNC(=NCc1nc(C(F)(F)F)cs1)NCCCCOCCOC.I. The molecule has 0 unspecified atom stereocenters. The Morgan fingerprint density at radius 1 is 1.23 bits per heavy atom. The molecule has 1 rings (SSSR count). The van der Waals surface area contributed by atoms with Crippen LogP contribution in [0.2, 0.25) is 0 Å². The van der Waals surface area contributed by atoms with Gasteiger partial charge in [0.05, 0.1) is 19.8 Å². The number of methoxy groups -OCH3 is 1. The van der Waals surface area contributed by atoms with Crippen LogP contribution in [0.5, 0.6) is 0 Å². The van der Waals surface area contributed by atoms with E-state index in [1.54, 1.807) is 7.11 Å². The minimum Gasteiger partial charge on any atom is -0.382 e. The van der Waals surface area contributed by atoms with Crippen LogP contribution in [0.4, 0.5) is 13.2 Å². The lowest BCUT2D eigenvalue weighted by Crippen LogP contribution is -2.37. The summed E-state index contributed by atoms with van der Waals surface area (Å²) in [7, 11) is 1.63. The Labute approximate surface area is 173 Å². The number of thiazole rings is 1. The van der Waals surface area contributed by atoms with Gasteiger partial charge in [0.25, 0.3) is 0 Å². The molecular weight excluding hydrogens is 484 g/mol. The average molecular weight is 510 g/mol. The predicted octanol–water partition coefficient (Wildman–Crippen LogP) is 3.28. The van der Waals surface area contributed by atoms with Gasteiger partial charge in [0.1, 0.15) is 5.01 Å². The van der Waals surface area contributed by atoms with Crippen molar-refractivity contribution in [2.75, 3.05) is 40.0 Å². The molecule has 0 aliphatic carbocycles. The number of hydrogen-bond donors (Lipinski definition) is 2. The van der Waals surface area contributed by atoms with E-state index in [1.807, 2.05) is 6.92 Å². The third-order valence-electron chi connectivity index (χ3n) is 3.00. The predicted molar refractivity (Wildman–Crippen MR) is 107 cm³/mol. The molecule has 1 heterocycles. The molecule has 11 heteroatoms. The maximum absolute atomic E-state index is 12.5. The van der Waals surface area contributed by atoms with Gasteiger partial charge in [-0.15, -0.1) is 35.3 Å². The van der Waals surface area contributed by atoms with Gasteiger partial charge in [-0.3, -0.25) is 0 Å². The van der Waals surface area contributed by atoms with Gasteiger partial charge in [-0.2, -0.15) is 13.2 Å². The molecule has 0 atom stereocenters. The second-order valence-electron chi connectivity index (χ2n) is 5.06. The molecule has 0 amide bonds. The fourth-order valence-corrected chi connectivity index (χ4v) is 2.51. The van der Waals surface area contributed by atoms with Gasteiger partial charge in [-0.05, 0) is 19.8 Å². The Balaban J connectivity index is 0.00000625. The third kappa shape index (κ3) is 11.1. The van der Waals surface area contributed by atoms with Crippen LogP contribution in [-0.2, 0) is 22.2 Å². The van der Waals surface area contributed by atoms with E-state index < -0.39 is 11.9 Å². The van der Waals surface area contributed by atoms with Gasteiger partial charge in [-0.1, -0.05) is 0 Å². The molecule has 0 saturated carbocycles. The summed E-state index contributed by atoms with van der Waals surface area (Å²) in [6, 6.07) is 0. The number of aromatic nitrogens is 1. The third-order valence-corrected chi connectivity index (χ3v) is 3.83. The minimum absolute atomic E-state index is 0. The zero-order valence-corrected chi connectivity index (χ0v) is 18.0. The number of alkyl halides is 3. The van der Waals surface area contributed by atoms with Crippen LogP contribution in [0.1, 0.15) is 30.5 Å². The van der Waals surface area contributed by atoms with Crippen molar-refractivity contribution < 1.29 is 22.6 Å². The number of halogens is 4. The highest BCUT2D eigenvalue weighted by atomic mass is 127. The lowest BCUT2D eigenvalue weighted by atomic mass is 10.3. The van der Waals surface area contributed by atoms with Crippen LogP contribution >= 0.6 is 35.3 Å². The second kappa shape index (κ2) is 14.4. The highest BCUT2D eigenvalue weighted by Gasteiger charge is 2.33. The number of guanidine groups is 1. The number of hydrogen-bond acceptors (Lipinski definition) is 5. The first-order chi connectivity index (χ1) is 12.0. The smallest absolute Gasteiger partial charge is 0.382 e. The largest absolute Gasteiger partial charge is 0.434 e. The van der Waals surface area contributed by atoms with Crippen molar-refractivity contribution >= 4 is 41.3 Å². The van der Waals surface area contributed by atoms with E-state index in [1.165, 1.54) is 0 Å². The van der Waals surface area contributed by atoms with E-state index >= 15 is 0 Å². The molecule has 0 saturated heterocycles. The summed E-state index contributed by atoms with van der Waals surface area (Å²) >= 11 is 0.957. The second-order valence-corrected chi connectivity index (χ2v) is 6.00. The van der Waals surface area contributed by atoms with Gasteiger partial charge < -0.3 is 20.1 Å². The Morgan fingerprint density at radius 2 is 2.00 bits per heavy atom. The molecule has 0 spiro atoms. The summed E-state index contributed by atoms with van der Waals surface area (Å²) in [5.41, 5.74) is -0.867. The standard InChI is InChI=1S/C15H25F3N4O2S.HI/c1-3-19-14(20-6-4-5-7-24-9-8-23-2)21-10-13-22-12(11-25-13)15(16,17)18;/h11H,3-10H2,1-2H3,(H2,19,20,21);1H. The summed E-state index contributed by atoms with van der Waals surface area (Å²) < 4.78 is 47.8. The van der Waals surface area contributed by atoms with Crippen molar-refractivity contribution in [2.45, 2.75) is 32.5 Å². The molecule has 0 radical (unpaired) electrons. The molecule has 0 bridgehead atoms. The highest BCUT2D eigenvalue weighted by Crippen LogP contribution is 2.30. The van der Waals surface area contributed by atoms with E-state index in [-0.39, 0.29) is 30.5 Å². The fraction of sp³-hybridized carbons (Fsp3) is 0.733. The van der Waals surface area contributed by atoms with Crippen LogP contribution in [-0.4, -0.2) is 51.0 Å². The van der Waals surface area contributed by atoms with Crippen molar-refractivity contribution in [3.05, 3.63) is 16.1 Å². The molecule has 1 aromatic heterocycles. The first-order valence-electron chi connectivity index (χ1n) is 8.07. The van der Waals surface area contributed by atoms with Gasteiger partial charge in [0, 0.05) is 32.2 Å². The molecule has 1 aromatic rings. The Hall–Kier alpha value is -0.660. The number of aliphatic imine (C=N–C) groups is 1. The van der Waals surface area contributed by atoms with Gasteiger partial charge in [0.15, 0.2) is 11.7 Å². The van der Waals surface area contributed by atoms with Crippen LogP contribution in [0.3, 0.4) is 0 Å². The maximum atomic E-state index is 12.5. The first-order valence-corrected chi connectivity index (χ1v) is 8.95. The van der Waals surface area contributed by atoms with E-state index in [2.05, 4.69) is 20.6 Å². The van der Waals surface area contributed by atoms with E-state index in [9.17, 15) is 13.2 Å². The monoisotopic (exact) mass is 510 g/mol. The van der Waals surface area contributed by atoms with Crippen LogP contribution in [0.15, 0.2) is 10.4 Å². The summed E-state index contributed by atoms with van der Waals surface area (Å²) in [6.07, 6.45) is -2.61. The normalized spacial score (nSPS) is 12.0. The number of unbranched alkanes of at least 4 members (excludes halogenated alkanes) is 1. The lowest BCUT2D eigenvalue weighted by molar-refractivity contribution is -0.140. The van der Waals surface area contributed by atoms with Crippen molar-refractivity contribution in [3.8, 4) is 0 Å². The highest BCUT2D eigenvalue weighted by molar-refractivity contribution is 14.0. The van der Waals surface area contributed by atoms with Crippen LogP contribution < -0.4 is 10.6 Å². The number of nitrogens with zero attached hydrogens (tertiary/aromatic N) is 2. The van der Waals surface area contributed by atoms with Crippen LogP contribution in [0, 0.1) is 0 Å². The molecule has 0 aliphatic heterocycles. The van der Waals surface area contributed by atoms with Crippen molar-refractivity contribution in [1.29, 1.82) is 0 Å². The maximum Gasteiger partial charge on any atom is 0.434 e. The number of ether oxygens (including phenoxy) is 2. The Kier molecular flexibility index (Phi) is 14.0. The van der Waals surface area contributed by atoms with Crippen molar-refractivity contribution in [3.63, 3.8) is 0 Å². The van der Waals surface area contributed by atoms with Crippen molar-refractivity contribution in [1.82, 2.24) is 15.6 Å². The van der Waals surface area contributed by atoms with E-state index in [4.69, 9.17) is 9.47 Å². The zero-order chi connectivity index (χ0) is 18.5. The Bertz CT molecular complexity index is 515. The Morgan fingerprint density at radius 3 is 2.62 bits per heavy atom. The molecule has 0 aliphatic rings. The summed E-state index contributed by atoms with van der Waals surface area (Å²) in [4.78, 5) is 7.83. The quantitative estimate of drug-likeness (QED) is 0.207. The van der Waals surface area contributed by atoms with Crippen molar-refractivity contribution in [2.24, 2.45) is 4.99 Å².